The Morgan fingerprint density at radius 2 is 1.40 bits per heavy atom. The second-order valence-electron chi connectivity index (χ2n) is 5.96. The third-order valence-corrected chi connectivity index (χ3v) is 11.2. The molecule has 7 nitrogen and oxygen atoms in total. The van der Waals surface area contributed by atoms with Gasteiger partial charge in [0, 0.05) is 12.1 Å². The van der Waals surface area contributed by atoms with E-state index in [4.69, 9.17) is 12.2 Å². The van der Waals surface area contributed by atoms with E-state index in [2.05, 4.69) is 13.8 Å². The standard InChI is InChI=1S/C14H31NO6P2S2/c1-6-11(7-2)14(8-3,9-4)15(10-5)12(24)25-13(22(16,17)18)23(19,20)21/h11,13H,6-10H2,1-5H3,(H2,16,17,18)(H2,19,20,21). The van der Waals surface area contributed by atoms with Gasteiger partial charge in [0.05, 0.1) is 0 Å². The van der Waals surface area contributed by atoms with Crippen molar-refractivity contribution >= 4 is 43.5 Å². The van der Waals surface area contributed by atoms with Crippen LogP contribution in [-0.2, 0) is 9.13 Å². The predicted molar refractivity (Wildman–Crippen MR) is 108 cm³/mol. The number of thioether (sulfide) groups is 1. The quantitative estimate of drug-likeness (QED) is 0.299. The molecule has 0 rings (SSSR count). The Labute approximate surface area is 160 Å². The lowest BCUT2D eigenvalue weighted by atomic mass is 9.75. The van der Waals surface area contributed by atoms with Gasteiger partial charge in [0.15, 0.2) is 0 Å². The summed E-state index contributed by atoms with van der Waals surface area (Å²) in [5.41, 5.74) is -0.309. The van der Waals surface area contributed by atoms with Crippen LogP contribution >= 0.6 is 39.2 Å². The Bertz CT molecular complexity index is 505. The van der Waals surface area contributed by atoms with Crippen molar-refractivity contribution in [2.24, 2.45) is 5.92 Å². The smallest absolute Gasteiger partial charge is 0.351 e. The average molecular weight is 435 g/mol. The molecule has 0 aliphatic heterocycles. The first-order valence-electron chi connectivity index (χ1n) is 8.44. The molecule has 25 heavy (non-hydrogen) atoms. The molecular formula is C14H31NO6P2S2. The van der Waals surface area contributed by atoms with Crippen LogP contribution in [0.3, 0.4) is 0 Å². The SMILES string of the molecule is CCC(CC)C(CC)(CC)N(CC)C(=S)SC(P(=O)(O)O)P(=O)(O)O. The second kappa shape index (κ2) is 10.2. The van der Waals surface area contributed by atoms with Crippen molar-refractivity contribution in [2.75, 3.05) is 6.54 Å². The predicted octanol–water partition coefficient (Wildman–Crippen LogP) is 3.96. The van der Waals surface area contributed by atoms with Gasteiger partial charge >= 0.3 is 15.2 Å². The monoisotopic (exact) mass is 435 g/mol. The van der Waals surface area contributed by atoms with E-state index in [9.17, 15) is 28.7 Å². The summed E-state index contributed by atoms with van der Waals surface area (Å²) in [6.45, 7) is 10.7. The van der Waals surface area contributed by atoms with Gasteiger partial charge in [0.25, 0.3) is 0 Å². The zero-order valence-corrected chi connectivity index (χ0v) is 18.9. The van der Waals surface area contributed by atoms with Crippen molar-refractivity contribution in [1.29, 1.82) is 0 Å². The molecule has 0 fully saturated rings. The van der Waals surface area contributed by atoms with E-state index < -0.39 is 19.9 Å². The van der Waals surface area contributed by atoms with E-state index in [1.54, 1.807) is 0 Å². The minimum absolute atomic E-state index is 0.120. The van der Waals surface area contributed by atoms with Crippen LogP contribution in [0.1, 0.15) is 60.3 Å². The molecule has 0 spiro atoms. The van der Waals surface area contributed by atoms with E-state index in [0.29, 0.717) is 24.2 Å². The van der Waals surface area contributed by atoms with Crippen molar-refractivity contribution in [3.05, 3.63) is 0 Å². The van der Waals surface area contributed by atoms with Gasteiger partial charge in [-0.3, -0.25) is 9.13 Å². The minimum atomic E-state index is -5.02. The Hall–Kier alpha value is 0.540. The molecule has 0 amide bonds. The summed E-state index contributed by atoms with van der Waals surface area (Å²) in [6.07, 6.45) is 3.40. The highest BCUT2D eigenvalue weighted by molar-refractivity contribution is 8.29. The maximum atomic E-state index is 11.6. The lowest BCUT2D eigenvalue weighted by Crippen LogP contribution is -2.54. The van der Waals surface area contributed by atoms with Crippen LogP contribution in [-0.4, -0.2) is 45.6 Å². The molecule has 4 N–H and O–H groups in total. The topological polar surface area (TPSA) is 118 Å². The normalized spacial score (nSPS) is 13.6. The molecule has 0 aromatic heterocycles. The second-order valence-corrected chi connectivity index (χ2v) is 12.2. The van der Waals surface area contributed by atoms with Crippen LogP contribution in [0.15, 0.2) is 0 Å². The molecule has 0 radical (unpaired) electrons. The third kappa shape index (κ3) is 6.28. The maximum absolute atomic E-state index is 11.6. The van der Waals surface area contributed by atoms with Crippen LogP contribution in [0.2, 0.25) is 0 Å². The molecule has 0 unspecified atom stereocenters. The molecule has 0 heterocycles. The molecule has 0 aromatic rings. The fraction of sp³-hybridized carbons (Fsp3) is 0.929. The van der Waals surface area contributed by atoms with E-state index >= 15 is 0 Å². The van der Waals surface area contributed by atoms with Crippen molar-refractivity contribution in [1.82, 2.24) is 4.90 Å². The highest BCUT2D eigenvalue weighted by atomic mass is 32.2. The largest absolute Gasteiger partial charge is 0.352 e. The van der Waals surface area contributed by atoms with Crippen molar-refractivity contribution in [3.63, 3.8) is 0 Å². The number of hydrogen-bond acceptors (Lipinski definition) is 4. The first kappa shape index (κ1) is 25.5. The Kier molecular flexibility index (Phi) is 10.4. The summed E-state index contributed by atoms with van der Waals surface area (Å²) in [5.74, 6) is 0.310. The first-order chi connectivity index (χ1) is 11.3. The molecule has 0 saturated heterocycles. The maximum Gasteiger partial charge on any atom is 0.351 e. The Morgan fingerprint density at radius 3 is 1.64 bits per heavy atom. The summed E-state index contributed by atoms with van der Waals surface area (Å²) >= 11 is 5.81. The molecule has 0 aliphatic carbocycles. The molecule has 0 bridgehead atoms. The summed E-state index contributed by atoms with van der Waals surface area (Å²) in [6, 6.07) is 0. The van der Waals surface area contributed by atoms with Crippen molar-refractivity contribution < 1.29 is 28.7 Å². The van der Waals surface area contributed by atoms with Gasteiger partial charge in [-0.1, -0.05) is 64.5 Å². The lowest BCUT2D eigenvalue weighted by molar-refractivity contribution is 0.0856. The van der Waals surface area contributed by atoms with E-state index in [0.717, 1.165) is 25.7 Å². The van der Waals surface area contributed by atoms with Gasteiger partial charge in [-0.05, 0) is 25.7 Å². The number of thiocarbonyl (C=S) groups is 1. The van der Waals surface area contributed by atoms with Crippen LogP contribution in [0.25, 0.3) is 0 Å². The van der Waals surface area contributed by atoms with Gasteiger partial charge < -0.3 is 24.5 Å². The van der Waals surface area contributed by atoms with Crippen LogP contribution in [0.5, 0.6) is 0 Å². The average Bonchev–Trinajstić information content (AvgIpc) is 2.50. The number of hydrogen-bond donors (Lipinski definition) is 4. The number of rotatable bonds is 10. The molecule has 0 aromatic carbocycles. The Balaban J connectivity index is 5.89. The van der Waals surface area contributed by atoms with Gasteiger partial charge in [0.2, 0.25) is 4.73 Å². The van der Waals surface area contributed by atoms with E-state index in [-0.39, 0.29) is 9.86 Å². The van der Waals surface area contributed by atoms with Crippen LogP contribution in [0.4, 0.5) is 0 Å². The first-order valence-corrected chi connectivity index (χ1v) is 13.1. The summed E-state index contributed by atoms with van der Waals surface area (Å²) in [5, 5.41) is 0. The number of nitrogens with zero attached hydrogens (tertiary/aromatic N) is 1. The molecule has 0 aliphatic rings. The molecule has 0 atom stereocenters. The van der Waals surface area contributed by atoms with E-state index in [1.165, 1.54) is 0 Å². The van der Waals surface area contributed by atoms with Crippen molar-refractivity contribution in [2.45, 2.75) is 70.6 Å². The fourth-order valence-electron chi connectivity index (χ4n) is 3.59. The van der Waals surface area contributed by atoms with Gasteiger partial charge in [-0.25, -0.2) is 0 Å². The fourth-order valence-corrected chi connectivity index (χ4v) is 8.50. The van der Waals surface area contributed by atoms with Crippen LogP contribution < -0.4 is 0 Å². The van der Waals surface area contributed by atoms with E-state index in [1.807, 2.05) is 25.7 Å². The van der Waals surface area contributed by atoms with Crippen molar-refractivity contribution in [3.8, 4) is 0 Å². The zero-order chi connectivity index (χ0) is 20.1. The lowest BCUT2D eigenvalue weighted by Gasteiger charge is -2.49. The molecule has 0 saturated carbocycles. The molecule has 150 valence electrons. The highest BCUT2D eigenvalue weighted by Crippen LogP contribution is 2.65. The summed E-state index contributed by atoms with van der Waals surface area (Å²) in [4.78, 5) is 39.3. The Morgan fingerprint density at radius 1 is 1.00 bits per heavy atom. The van der Waals surface area contributed by atoms with Gasteiger partial charge in [0.1, 0.15) is 4.32 Å². The van der Waals surface area contributed by atoms with Gasteiger partial charge in [-0.15, -0.1) is 0 Å². The zero-order valence-electron chi connectivity index (χ0n) is 15.5. The third-order valence-electron chi connectivity index (χ3n) is 4.83. The van der Waals surface area contributed by atoms with Gasteiger partial charge in [-0.2, -0.15) is 0 Å². The molecule has 11 heteroatoms. The minimum Gasteiger partial charge on any atom is -0.352 e. The highest BCUT2D eigenvalue weighted by Gasteiger charge is 2.47. The van der Waals surface area contributed by atoms with Crippen LogP contribution in [0, 0.1) is 5.92 Å². The molecular weight excluding hydrogens is 404 g/mol. The summed E-state index contributed by atoms with van der Waals surface area (Å²) in [7, 11) is -10.0. The summed E-state index contributed by atoms with van der Waals surface area (Å²) < 4.78 is 21.1.